The highest BCUT2D eigenvalue weighted by molar-refractivity contribution is 7.15. The maximum Gasteiger partial charge on any atom is 0.195 e. The van der Waals surface area contributed by atoms with Gasteiger partial charge in [0.05, 0.1) is 12.0 Å². The van der Waals surface area contributed by atoms with Crippen molar-refractivity contribution in [2.24, 2.45) is 0 Å². The molecule has 0 spiro atoms. The highest BCUT2D eigenvalue weighted by atomic mass is 32.1. The molecular formula is C22H20N4OS. The fraction of sp³-hybridized carbons (Fsp3) is 0.227. The Balaban J connectivity index is 1.30. The van der Waals surface area contributed by atoms with Gasteiger partial charge in [0.1, 0.15) is 5.01 Å². The third kappa shape index (κ3) is 3.37. The minimum atomic E-state index is 0.669. The largest absolute Gasteiger partial charge is 0.461 e. The fourth-order valence-electron chi connectivity index (χ4n) is 3.57. The van der Waals surface area contributed by atoms with Crippen LogP contribution < -0.4 is 0 Å². The zero-order valence-electron chi connectivity index (χ0n) is 15.6. The third-order valence-corrected chi connectivity index (χ3v) is 6.08. The van der Waals surface area contributed by atoms with Crippen LogP contribution in [0.2, 0.25) is 0 Å². The molecule has 1 aromatic carbocycles. The van der Waals surface area contributed by atoms with Crippen LogP contribution in [0.4, 0.5) is 0 Å². The minimum Gasteiger partial charge on any atom is -0.461 e. The van der Waals surface area contributed by atoms with Gasteiger partial charge in [-0.3, -0.25) is 4.90 Å². The van der Waals surface area contributed by atoms with Crippen LogP contribution in [0.25, 0.3) is 22.2 Å². The van der Waals surface area contributed by atoms with E-state index >= 15 is 0 Å². The molecule has 0 atom stereocenters. The van der Waals surface area contributed by atoms with E-state index in [1.807, 2.05) is 24.5 Å². The minimum absolute atomic E-state index is 0.669. The number of nitrogens with zero attached hydrogens (tertiary/aromatic N) is 4. The van der Waals surface area contributed by atoms with Crippen molar-refractivity contribution in [1.82, 2.24) is 19.9 Å². The molecular weight excluding hydrogens is 368 g/mol. The van der Waals surface area contributed by atoms with Gasteiger partial charge in [-0.2, -0.15) is 0 Å². The number of benzene rings is 1. The molecule has 0 amide bonds. The quantitative estimate of drug-likeness (QED) is 0.506. The number of hydrogen-bond acceptors (Lipinski definition) is 6. The van der Waals surface area contributed by atoms with Crippen molar-refractivity contribution in [3.05, 3.63) is 76.8 Å². The maximum atomic E-state index is 5.42. The topological polar surface area (TPSA) is 55.1 Å². The van der Waals surface area contributed by atoms with Gasteiger partial charge in [-0.15, -0.1) is 11.3 Å². The van der Waals surface area contributed by atoms with E-state index < -0.39 is 0 Å². The van der Waals surface area contributed by atoms with Crippen LogP contribution in [0.15, 0.2) is 59.5 Å². The zero-order chi connectivity index (χ0) is 18.9. The molecule has 0 saturated heterocycles. The predicted molar refractivity (Wildman–Crippen MR) is 110 cm³/mol. The van der Waals surface area contributed by atoms with Crippen LogP contribution in [-0.4, -0.2) is 26.4 Å². The fourth-order valence-corrected chi connectivity index (χ4v) is 4.62. The lowest BCUT2D eigenvalue weighted by molar-refractivity contribution is 0.245. The molecule has 0 N–H and O–H groups in total. The Bertz CT molecular complexity index is 1100. The van der Waals surface area contributed by atoms with Crippen LogP contribution in [0.5, 0.6) is 0 Å². The van der Waals surface area contributed by atoms with E-state index in [4.69, 9.17) is 9.40 Å². The van der Waals surface area contributed by atoms with Crippen molar-refractivity contribution in [2.45, 2.75) is 26.4 Å². The van der Waals surface area contributed by atoms with E-state index in [1.165, 1.54) is 21.6 Å². The molecule has 4 heterocycles. The molecule has 0 aliphatic carbocycles. The molecule has 6 heteroatoms. The first-order chi connectivity index (χ1) is 13.8. The molecule has 3 aromatic heterocycles. The number of aryl methyl sites for hydroxylation is 1. The third-order valence-electron chi connectivity index (χ3n) is 5.06. The summed E-state index contributed by atoms with van der Waals surface area (Å²) in [4.78, 5) is 17.6. The Morgan fingerprint density at radius 1 is 1.11 bits per heavy atom. The van der Waals surface area contributed by atoms with Gasteiger partial charge in [-0.05, 0) is 24.6 Å². The molecule has 5 rings (SSSR count). The van der Waals surface area contributed by atoms with E-state index in [-0.39, 0.29) is 0 Å². The summed E-state index contributed by atoms with van der Waals surface area (Å²) in [6.45, 7) is 4.89. The SMILES string of the molecule is Cc1ccccc1-c1ncc(CN2CCc3nc(-c4ccco4)ncc3C2)s1. The van der Waals surface area contributed by atoms with Gasteiger partial charge in [-0.1, -0.05) is 24.3 Å². The second-order valence-electron chi connectivity index (χ2n) is 7.05. The van der Waals surface area contributed by atoms with Crippen molar-refractivity contribution in [3.63, 3.8) is 0 Å². The summed E-state index contributed by atoms with van der Waals surface area (Å²) in [6, 6.07) is 12.2. The van der Waals surface area contributed by atoms with Gasteiger partial charge in [0.25, 0.3) is 0 Å². The van der Waals surface area contributed by atoms with Gasteiger partial charge in [0.15, 0.2) is 11.6 Å². The molecule has 1 aliphatic rings. The van der Waals surface area contributed by atoms with Crippen LogP contribution in [0, 0.1) is 6.92 Å². The monoisotopic (exact) mass is 388 g/mol. The first kappa shape index (κ1) is 17.3. The summed E-state index contributed by atoms with van der Waals surface area (Å²) in [5.74, 6) is 1.39. The van der Waals surface area contributed by atoms with Gasteiger partial charge in [-0.25, -0.2) is 15.0 Å². The lowest BCUT2D eigenvalue weighted by Gasteiger charge is -2.27. The molecule has 0 saturated carbocycles. The lowest BCUT2D eigenvalue weighted by Crippen LogP contribution is -2.30. The van der Waals surface area contributed by atoms with Crippen LogP contribution in [0.1, 0.15) is 21.7 Å². The van der Waals surface area contributed by atoms with E-state index in [9.17, 15) is 0 Å². The molecule has 0 fully saturated rings. The Kier molecular flexibility index (Phi) is 4.50. The number of hydrogen-bond donors (Lipinski definition) is 0. The second kappa shape index (κ2) is 7.30. The summed E-state index contributed by atoms with van der Waals surface area (Å²) in [7, 11) is 0. The van der Waals surface area contributed by atoms with Crippen molar-refractivity contribution >= 4 is 11.3 Å². The lowest BCUT2D eigenvalue weighted by atomic mass is 10.1. The molecule has 140 valence electrons. The highest BCUT2D eigenvalue weighted by Gasteiger charge is 2.20. The van der Waals surface area contributed by atoms with E-state index in [0.29, 0.717) is 5.82 Å². The van der Waals surface area contributed by atoms with Crippen LogP contribution in [-0.2, 0) is 19.5 Å². The molecule has 0 radical (unpaired) electrons. The molecule has 5 nitrogen and oxygen atoms in total. The van der Waals surface area contributed by atoms with Crippen molar-refractivity contribution in [3.8, 4) is 22.2 Å². The van der Waals surface area contributed by atoms with Crippen LogP contribution in [0.3, 0.4) is 0 Å². The zero-order valence-corrected chi connectivity index (χ0v) is 16.4. The average Bonchev–Trinajstić information content (AvgIpc) is 3.40. The predicted octanol–water partition coefficient (Wildman–Crippen LogP) is 4.73. The summed E-state index contributed by atoms with van der Waals surface area (Å²) >= 11 is 1.78. The Morgan fingerprint density at radius 2 is 2.04 bits per heavy atom. The number of fused-ring (bicyclic) bond motifs is 1. The maximum absolute atomic E-state index is 5.42. The highest BCUT2D eigenvalue weighted by Crippen LogP contribution is 2.29. The summed E-state index contributed by atoms with van der Waals surface area (Å²) in [5, 5.41) is 1.09. The van der Waals surface area contributed by atoms with E-state index in [1.54, 1.807) is 17.6 Å². The number of thiazole rings is 1. The molecule has 28 heavy (non-hydrogen) atoms. The average molecular weight is 388 g/mol. The normalized spacial score (nSPS) is 14.2. The molecule has 1 aliphatic heterocycles. The molecule has 4 aromatic rings. The number of aromatic nitrogens is 3. The summed E-state index contributed by atoms with van der Waals surface area (Å²) in [6.07, 6.45) is 6.53. The first-order valence-corrected chi connectivity index (χ1v) is 10.2. The smallest absolute Gasteiger partial charge is 0.195 e. The Morgan fingerprint density at radius 3 is 2.89 bits per heavy atom. The van der Waals surface area contributed by atoms with E-state index in [0.717, 1.165) is 42.5 Å². The Labute approximate surface area is 167 Å². The first-order valence-electron chi connectivity index (χ1n) is 9.38. The number of furan rings is 1. The van der Waals surface area contributed by atoms with Crippen LogP contribution >= 0.6 is 11.3 Å². The van der Waals surface area contributed by atoms with Gasteiger partial charge in [0.2, 0.25) is 0 Å². The summed E-state index contributed by atoms with van der Waals surface area (Å²) in [5.41, 5.74) is 4.81. The van der Waals surface area contributed by atoms with Crippen molar-refractivity contribution < 1.29 is 4.42 Å². The second-order valence-corrected chi connectivity index (χ2v) is 8.17. The van der Waals surface area contributed by atoms with Gasteiger partial charge < -0.3 is 4.42 Å². The number of rotatable bonds is 4. The molecule has 0 bridgehead atoms. The summed E-state index contributed by atoms with van der Waals surface area (Å²) < 4.78 is 5.42. The van der Waals surface area contributed by atoms with E-state index in [2.05, 4.69) is 46.1 Å². The van der Waals surface area contributed by atoms with Gasteiger partial charge >= 0.3 is 0 Å². The van der Waals surface area contributed by atoms with Crippen molar-refractivity contribution in [1.29, 1.82) is 0 Å². The Hall–Kier alpha value is -2.83. The van der Waals surface area contributed by atoms with Gasteiger partial charge in [0, 0.05) is 54.5 Å². The molecule has 0 unspecified atom stereocenters. The van der Waals surface area contributed by atoms with Crippen molar-refractivity contribution in [2.75, 3.05) is 6.54 Å². The standard InChI is InChI=1S/C22H20N4OS/c1-15-5-2-3-6-18(15)22-24-12-17(28-22)14-26-9-8-19-16(13-26)11-23-21(25-19)20-7-4-10-27-20/h2-7,10-12H,8-9,13-14H2,1H3.